The van der Waals surface area contributed by atoms with Crippen molar-refractivity contribution in [3.05, 3.63) is 34.6 Å². The SMILES string of the molecule is CCC1CCC(C(O)Cc2cc(F)ccc2Cl)C1. The summed E-state index contributed by atoms with van der Waals surface area (Å²) in [5.41, 5.74) is 0.712. The molecule has 1 aliphatic carbocycles. The molecule has 0 spiro atoms. The fourth-order valence-corrected chi connectivity index (χ4v) is 3.12. The van der Waals surface area contributed by atoms with Gasteiger partial charge in [0.25, 0.3) is 0 Å². The van der Waals surface area contributed by atoms with Crippen molar-refractivity contribution in [1.82, 2.24) is 0 Å². The molecule has 1 aromatic carbocycles. The Hall–Kier alpha value is -0.600. The van der Waals surface area contributed by atoms with E-state index >= 15 is 0 Å². The molecule has 1 saturated carbocycles. The van der Waals surface area contributed by atoms with E-state index in [2.05, 4.69) is 6.92 Å². The summed E-state index contributed by atoms with van der Waals surface area (Å²) >= 11 is 6.03. The molecule has 1 N–H and O–H groups in total. The lowest BCUT2D eigenvalue weighted by molar-refractivity contribution is 0.108. The highest BCUT2D eigenvalue weighted by Crippen LogP contribution is 2.36. The zero-order valence-electron chi connectivity index (χ0n) is 10.7. The molecule has 0 amide bonds. The van der Waals surface area contributed by atoms with Crippen LogP contribution in [0.2, 0.25) is 5.02 Å². The third-order valence-corrected chi connectivity index (χ3v) is 4.51. The first-order valence-electron chi connectivity index (χ1n) is 6.72. The van der Waals surface area contributed by atoms with Crippen LogP contribution in [0.1, 0.15) is 38.2 Å². The Bertz CT molecular complexity index is 407. The number of aliphatic hydroxyl groups is 1. The van der Waals surface area contributed by atoms with Crippen molar-refractivity contribution < 1.29 is 9.50 Å². The average Bonchev–Trinajstić information content (AvgIpc) is 2.82. The van der Waals surface area contributed by atoms with E-state index in [1.54, 1.807) is 6.07 Å². The molecule has 0 radical (unpaired) electrons. The van der Waals surface area contributed by atoms with Crippen LogP contribution < -0.4 is 0 Å². The first-order chi connectivity index (χ1) is 8.60. The molecule has 0 bridgehead atoms. The Balaban J connectivity index is 1.98. The first-order valence-corrected chi connectivity index (χ1v) is 7.10. The van der Waals surface area contributed by atoms with Crippen LogP contribution in [0.3, 0.4) is 0 Å². The van der Waals surface area contributed by atoms with Crippen LogP contribution in [-0.4, -0.2) is 11.2 Å². The number of aliphatic hydroxyl groups excluding tert-OH is 1. The molecule has 0 heterocycles. The van der Waals surface area contributed by atoms with Gasteiger partial charge in [-0.3, -0.25) is 0 Å². The van der Waals surface area contributed by atoms with Crippen LogP contribution in [0.25, 0.3) is 0 Å². The van der Waals surface area contributed by atoms with Crippen molar-refractivity contribution in [3.63, 3.8) is 0 Å². The Morgan fingerprint density at radius 3 is 2.89 bits per heavy atom. The number of rotatable bonds is 4. The summed E-state index contributed by atoms with van der Waals surface area (Å²) in [5, 5.41) is 10.8. The molecular formula is C15H20ClFO. The lowest BCUT2D eigenvalue weighted by Crippen LogP contribution is -2.21. The van der Waals surface area contributed by atoms with Crippen LogP contribution >= 0.6 is 11.6 Å². The van der Waals surface area contributed by atoms with Crippen LogP contribution in [0.5, 0.6) is 0 Å². The van der Waals surface area contributed by atoms with Crippen molar-refractivity contribution in [3.8, 4) is 0 Å². The molecular weight excluding hydrogens is 251 g/mol. The van der Waals surface area contributed by atoms with E-state index in [0.29, 0.717) is 22.9 Å². The number of hydrogen-bond donors (Lipinski definition) is 1. The van der Waals surface area contributed by atoms with Crippen LogP contribution in [0, 0.1) is 17.7 Å². The molecule has 0 saturated heterocycles. The van der Waals surface area contributed by atoms with Crippen molar-refractivity contribution in [2.75, 3.05) is 0 Å². The molecule has 1 nitrogen and oxygen atoms in total. The normalized spacial score (nSPS) is 25.3. The van der Waals surface area contributed by atoms with Gasteiger partial charge in [-0.15, -0.1) is 0 Å². The van der Waals surface area contributed by atoms with Crippen LogP contribution in [0.15, 0.2) is 18.2 Å². The highest BCUT2D eigenvalue weighted by molar-refractivity contribution is 6.31. The second-order valence-corrected chi connectivity index (χ2v) is 5.76. The van der Waals surface area contributed by atoms with Gasteiger partial charge in [-0.2, -0.15) is 0 Å². The van der Waals surface area contributed by atoms with Crippen LogP contribution in [-0.2, 0) is 6.42 Å². The molecule has 3 heteroatoms. The van der Waals surface area contributed by atoms with Gasteiger partial charge < -0.3 is 5.11 Å². The minimum Gasteiger partial charge on any atom is -0.392 e. The van der Waals surface area contributed by atoms with Gasteiger partial charge in [-0.05, 0) is 48.4 Å². The van der Waals surface area contributed by atoms with Gasteiger partial charge >= 0.3 is 0 Å². The largest absolute Gasteiger partial charge is 0.392 e. The van der Waals surface area contributed by atoms with Crippen LogP contribution in [0.4, 0.5) is 4.39 Å². The Morgan fingerprint density at radius 1 is 1.44 bits per heavy atom. The van der Waals surface area contributed by atoms with E-state index < -0.39 is 6.10 Å². The van der Waals surface area contributed by atoms with Crippen molar-refractivity contribution in [2.45, 2.75) is 45.1 Å². The number of hydrogen-bond acceptors (Lipinski definition) is 1. The molecule has 3 atom stereocenters. The molecule has 3 unspecified atom stereocenters. The molecule has 1 aromatic rings. The fourth-order valence-electron chi connectivity index (χ4n) is 2.93. The lowest BCUT2D eigenvalue weighted by atomic mass is 9.93. The summed E-state index contributed by atoms with van der Waals surface area (Å²) in [4.78, 5) is 0. The summed E-state index contributed by atoms with van der Waals surface area (Å²) in [5.74, 6) is 0.793. The monoisotopic (exact) mass is 270 g/mol. The molecule has 100 valence electrons. The summed E-state index contributed by atoms with van der Waals surface area (Å²) in [6.45, 7) is 2.20. The summed E-state index contributed by atoms with van der Waals surface area (Å²) < 4.78 is 13.2. The maximum atomic E-state index is 13.2. The van der Waals surface area contributed by atoms with Crippen molar-refractivity contribution >= 4 is 11.6 Å². The minimum atomic E-state index is -0.402. The second-order valence-electron chi connectivity index (χ2n) is 5.35. The van der Waals surface area contributed by atoms with Gasteiger partial charge in [-0.25, -0.2) is 4.39 Å². The van der Waals surface area contributed by atoms with E-state index in [-0.39, 0.29) is 5.82 Å². The predicted molar refractivity (Wildman–Crippen MR) is 72.2 cm³/mol. The third-order valence-electron chi connectivity index (χ3n) is 4.14. The smallest absolute Gasteiger partial charge is 0.123 e. The minimum absolute atomic E-state index is 0.292. The Labute approximate surface area is 113 Å². The van der Waals surface area contributed by atoms with E-state index in [4.69, 9.17) is 11.6 Å². The Kier molecular flexibility index (Phi) is 4.63. The van der Waals surface area contributed by atoms with Crippen molar-refractivity contribution in [2.24, 2.45) is 11.8 Å². The predicted octanol–water partition coefficient (Wildman–Crippen LogP) is 4.21. The molecule has 0 aliphatic heterocycles. The van der Waals surface area contributed by atoms with Gasteiger partial charge in [0, 0.05) is 11.4 Å². The van der Waals surface area contributed by atoms with Gasteiger partial charge in [0.15, 0.2) is 0 Å². The van der Waals surface area contributed by atoms with E-state index in [1.165, 1.54) is 25.0 Å². The Morgan fingerprint density at radius 2 is 2.22 bits per heavy atom. The molecule has 1 fully saturated rings. The van der Waals surface area contributed by atoms with Crippen molar-refractivity contribution in [1.29, 1.82) is 0 Å². The zero-order chi connectivity index (χ0) is 13.1. The topological polar surface area (TPSA) is 20.2 Å². The summed E-state index contributed by atoms with van der Waals surface area (Å²) in [7, 11) is 0. The highest BCUT2D eigenvalue weighted by Gasteiger charge is 2.29. The van der Waals surface area contributed by atoms with Gasteiger partial charge in [0.2, 0.25) is 0 Å². The highest BCUT2D eigenvalue weighted by atomic mass is 35.5. The van der Waals surface area contributed by atoms with Gasteiger partial charge in [0.05, 0.1) is 6.10 Å². The van der Waals surface area contributed by atoms with E-state index in [9.17, 15) is 9.50 Å². The molecule has 2 rings (SSSR count). The lowest BCUT2D eigenvalue weighted by Gasteiger charge is -2.19. The summed E-state index contributed by atoms with van der Waals surface area (Å²) in [6, 6.07) is 4.33. The molecule has 0 aromatic heterocycles. The quantitative estimate of drug-likeness (QED) is 0.869. The fraction of sp³-hybridized carbons (Fsp3) is 0.600. The zero-order valence-corrected chi connectivity index (χ0v) is 11.5. The average molecular weight is 271 g/mol. The number of benzene rings is 1. The van der Waals surface area contributed by atoms with E-state index in [0.717, 1.165) is 18.8 Å². The molecule has 18 heavy (non-hydrogen) atoms. The van der Waals surface area contributed by atoms with Gasteiger partial charge in [-0.1, -0.05) is 31.4 Å². The van der Waals surface area contributed by atoms with E-state index in [1.807, 2.05) is 0 Å². The number of halogens is 2. The van der Waals surface area contributed by atoms with Gasteiger partial charge in [0.1, 0.15) is 5.82 Å². The molecule has 1 aliphatic rings. The standard InChI is InChI=1S/C15H20ClFO/c1-2-10-3-4-11(7-10)15(18)9-12-8-13(17)5-6-14(12)16/h5-6,8,10-11,15,18H,2-4,7,9H2,1H3. The maximum Gasteiger partial charge on any atom is 0.123 e. The maximum absolute atomic E-state index is 13.2. The first kappa shape index (κ1) is 13.8. The second kappa shape index (κ2) is 6.03. The third kappa shape index (κ3) is 3.24. The summed E-state index contributed by atoms with van der Waals surface area (Å²) in [6.07, 6.45) is 4.61.